The maximum atomic E-state index is 14.7. The van der Waals surface area contributed by atoms with Crippen LogP contribution < -0.4 is 0 Å². The van der Waals surface area contributed by atoms with Gasteiger partial charge in [-0.2, -0.15) is 0 Å². The Kier molecular flexibility index (Phi) is 4.77. The van der Waals surface area contributed by atoms with Gasteiger partial charge in [0.2, 0.25) is 0 Å². The van der Waals surface area contributed by atoms with Crippen molar-refractivity contribution < 1.29 is 35.1 Å². The van der Waals surface area contributed by atoms with E-state index in [1.807, 2.05) is 0 Å². The first-order chi connectivity index (χ1) is 15.7. The molecular weight excluding hydrogens is 452 g/mol. The largest absolute Gasteiger partial charge is 0.204 e. The summed E-state index contributed by atoms with van der Waals surface area (Å²) in [6.07, 6.45) is 0.279. The number of benzene rings is 4. The molecule has 0 aromatic heterocycles. The topological polar surface area (TPSA) is 0 Å². The Balaban J connectivity index is 1.88. The summed E-state index contributed by atoms with van der Waals surface area (Å²) in [6, 6.07) is 11.6. The van der Waals surface area contributed by atoms with Gasteiger partial charge in [0.1, 0.15) is 0 Å². The minimum absolute atomic E-state index is 0.279. The van der Waals surface area contributed by atoms with Crippen molar-refractivity contribution in [3.05, 3.63) is 106 Å². The quantitative estimate of drug-likeness (QED) is 0.145. The second-order valence-corrected chi connectivity index (χ2v) is 7.48. The summed E-state index contributed by atoms with van der Waals surface area (Å²) in [4.78, 5) is 0. The standard InChI is InChI=1S/C25H9F8/c26-18-8-16(20(28)24(32)22(18)30)14-6-11-5-10-3-1-2-4-12(10)13(11)7-15(14)17-9-19(27)23(31)25(33)21(17)29/h1-4,7-9H,5H2. The van der Waals surface area contributed by atoms with Crippen molar-refractivity contribution in [2.45, 2.75) is 6.42 Å². The molecule has 165 valence electrons. The molecule has 4 aromatic carbocycles. The number of rotatable bonds is 2. The molecule has 5 rings (SSSR count). The Morgan fingerprint density at radius 2 is 1.09 bits per heavy atom. The van der Waals surface area contributed by atoms with E-state index in [4.69, 9.17) is 0 Å². The first kappa shape index (κ1) is 21.2. The predicted octanol–water partition coefficient (Wildman–Crippen LogP) is 7.50. The third kappa shape index (κ3) is 3.12. The Labute approximate surface area is 181 Å². The molecule has 33 heavy (non-hydrogen) atoms. The summed E-state index contributed by atoms with van der Waals surface area (Å²) < 4.78 is 112. The van der Waals surface area contributed by atoms with E-state index < -0.39 is 68.8 Å². The van der Waals surface area contributed by atoms with E-state index in [9.17, 15) is 35.1 Å². The SMILES string of the molecule is Fc1cc(-c2[c]c3c(cc2-c2cc(F)c(F)c(F)c2F)-c2ccccc2C3)c(F)c(F)c1F. The maximum absolute atomic E-state index is 14.7. The minimum Gasteiger partial charge on any atom is -0.204 e. The lowest BCUT2D eigenvalue weighted by Crippen LogP contribution is -2.03. The van der Waals surface area contributed by atoms with Crippen molar-refractivity contribution in [3.8, 4) is 33.4 Å². The number of hydrogen-bond donors (Lipinski definition) is 0. The summed E-state index contributed by atoms with van der Waals surface area (Å²) in [7, 11) is 0. The van der Waals surface area contributed by atoms with Crippen molar-refractivity contribution in [2.24, 2.45) is 0 Å². The van der Waals surface area contributed by atoms with Crippen LogP contribution in [0, 0.1) is 52.6 Å². The molecule has 0 saturated carbocycles. The number of fused-ring (bicyclic) bond motifs is 3. The fourth-order valence-corrected chi connectivity index (χ4v) is 4.05. The van der Waals surface area contributed by atoms with Crippen LogP contribution in [-0.4, -0.2) is 0 Å². The molecule has 0 saturated heterocycles. The lowest BCUT2D eigenvalue weighted by atomic mass is 9.89. The zero-order valence-corrected chi connectivity index (χ0v) is 16.3. The Hall–Kier alpha value is -3.68. The van der Waals surface area contributed by atoms with Gasteiger partial charge < -0.3 is 0 Å². The third-order valence-corrected chi connectivity index (χ3v) is 5.60. The van der Waals surface area contributed by atoms with E-state index in [0.717, 1.165) is 5.56 Å². The summed E-state index contributed by atoms with van der Waals surface area (Å²) in [6.45, 7) is 0. The average Bonchev–Trinajstić information content (AvgIpc) is 3.18. The van der Waals surface area contributed by atoms with Crippen LogP contribution in [0.3, 0.4) is 0 Å². The van der Waals surface area contributed by atoms with Crippen LogP contribution in [-0.2, 0) is 6.42 Å². The summed E-state index contributed by atoms with van der Waals surface area (Å²) in [5, 5.41) is 0. The molecule has 0 nitrogen and oxygen atoms in total. The van der Waals surface area contributed by atoms with Gasteiger partial charge in [0.05, 0.1) is 0 Å². The normalized spacial score (nSPS) is 12.1. The number of halogens is 8. The lowest BCUT2D eigenvalue weighted by Gasteiger charge is -2.16. The van der Waals surface area contributed by atoms with Gasteiger partial charge in [-0.15, -0.1) is 0 Å². The van der Waals surface area contributed by atoms with Crippen LogP contribution in [0.25, 0.3) is 33.4 Å². The molecule has 1 aliphatic rings. The molecule has 0 bridgehead atoms. The molecule has 0 unspecified atom stereocenters. The first-order valence-electron chi connectivity index (χ1n) is 9.53. The van der Waals surface area contributed by atoms with Crippen molar-refractivity contribution >= 4 is 0 Å². The number of hydrogen-bond acceptors (Lipinski definition) is 0. The van der Waals surface area contributed by atoms with Gasteiger partial charge in [0.15, 0.2) is 46.5 Å². The molecule has 0 fully saturated rings. The lowest BCUT2D eigenvalue weighted by molar-refractivity contribution is 0.410. The van der Waals surface area contributed by atoms with Crippen LogP contribution in [0.4, 0.5) is 35.1 Å². The minimum atomic E-state index is -2.12. The molecule has 0 aliphatic heterocycles. The third-order valence-electron chi connectivity index (χ3n) is 5.60. The van der Waals surface area contributed by atoms with E-state index in [-0.39, 0.29) is 6.42 Å². The van der Waals surface area contributed by atoms with Gasteiger partial charge in [0.25, 0.3) is 0 Å². The van der Waals surface area contributed by atoms with Gasteiger partial charge in [-0.3, -0.25) is 0 Å². The molecule has 0 N–H and O–H groups in total. The van der Waals surface area contributed by atoms with Crippen molar-refractivity contribution in [1.82, 2.24) is 0 Å². The van der Waals surface area contributed by atoms with Gasteiger partial charge in [0, 0.05) is 16.7 Å². The first-order valence-corrected chi connectivity index (χ1v) is 9.53. The van der Waals surface area contributed by atoms with E-state index >= 15 is 0 Å². The summed E-state index contributed by atoms with van der Waals surface area (Å²) in [5.41, 5.74) is -0.178. The Bertz CT molecular complexity index is 1470. The van der Waals surface area contributed by atoms with Crippen molar-refractivity contribution in [1.29, 1.82) is 0 Å². The van der Waals surface area contributed by atoms with Crippen LogP contribution in [0.15, 0.2) is 42.5 Å². The Morgan fingerprint density at radius 1 is 0.515 bits per heavy atom. The van der Waals surface area contributed by atoms with Gasteiger partial charge in [-0.05, 0) is 58.5 Å². The second kappa shape index (κ2) is 7.43. The van der Waals surface area contributed by atoms with Gasteiger partial charge in [-0.25, -0.2) is 35.1 Å². The van der Waals surface area contributed by atoms with Gasteiger partial charge >= 0.3 is 0 Å². The van der Waals surface area contributed by atoms with Crippen molar-refractivity contribution in [3.63, 3.8) is 0 Å². The van der Waals surface area contributed by atoms with E-state index in [1.165, 1.54) is 6.07 Å². The molecule has 1 aliphatic carbocycles. The zero-order chi connectivity index (χ0) is 23.6. The molecule has 1 radical (unpaired) electrons. The van der Waals surface area contributed by atoms with Gasteiger partial charge in [-0.1, -0.05) is 24.3 Å². The maximum Gasteiger partial charge on any atom is 0.198 e. The van der Waals surface area contributed by atoms with E-state index in [1.54, 1.807) is 24.3 Å². The van der Waals surface area contributed by atoms with E-state index in [2.05, 4.69) is 6.07 Å². The van der Waals surface area contributed by atoms with Crippen LogP contribution in [0.5, 0.6) is 0 Å². The second-order valence-electron chi connectivity index (χ2n) is 7.48. The fraction of sp³-hybridized carbons (Fsp3) is 0.0400. The van der Waals surface area contributed by atoms with Crippen molar-refractivity contribution in [2.75, 3.05) is 0 Å². The van der Waals surface area contributed by atoms with Crippen LogP contribution in [0.1, 0.15) is 11.1 Å². The molecule has 0 spiro atoms. The van der Waals surface area contributed by atoms with E-state index in [0.29, 0.717) is 28.8 Å². The summed E-state index contributed by atoms with van der Waals surface area (Å²) >= 11 is 0. The highest BCUT2D eigenvalue weighted by molar-refractivity contribution is 5.91. The molecule has 0 atom stereocenters. The van der Waals surface area contributed by atoms with Crippen LogP contribution in [0.2, 0.25) is 0 Å². The fourth-order valence-electron chi connectivity index (χ4n) is 4.05. The predicted molar refractivity (Wildman–Crippen MR) is 104 cm³/mol. The zero-order valence-electron chi connectivity index (χ0n) is 16.3. The molecule has 0 amide bonds. The van der Waals surface area contributed by atoms with Crippen LogP contribution >= 0.6 is 0 Å². The summed E-state index contributed by atoms with van der Waals surface area (Å²) in [5.74, 6) is -15.4. The smallest absolute Gasteiger partial charge is 0.198 e. The highest BCUT2D eigenvalue weighted by Crippen LogP contribution is 2.45. The average molecular weight is 461 g/mol. The molecule has 8 heteroatoms. The molecule has 0 heterocycles. The Morgan fingerprint density at radius 3 is 1.76 bits per heavy atom. The molecule has 4 aromatic rings. The highest BCUT2D eigenvalue weighted by atomic mass is 19.2. The molecular formula is C25H9F8. The monoisotopic (exact) mass is 461 g/mol. The highest BCUT2D eigenvalue weighted by Gasteiger charge is 2.28.